The zero-order valence-electron chi connectivity index (χ0n) is 21.4. The van der Waals surface area contributed by atoms with Crippen molar-refractivity contribution in [1.82, 2.24) is 20.0 Å². The summed E-state index contributed by atoms with van der Waals surface area (Å²) in [6.07, 6.45) is 4.77. The van der Waals surface area contributed by atoms with E-state index in [4.69, 9.17) is 4.74 Å². The average molecular weight is 504 g/mol. The highest BCUT2D eigenvalue weighted by atomic mass is 16.6. The van der Waals surface area contributed by atoms with Crippen molar-refractivity contribution >= 4 is 23.6 Å². The van der Waals surface area contributed by atoms with Gasteiger partial charge >= 0.3 is 6.09 Å². The third kappa shape index (κ3) is 7.42. The second-order valence-electron chi connectivity index (χ2n) is 10.2. The van der Waals surface area contributed by atoms with Gasteiger partial charge in [0.25, 0.3) is 5.91 Å². The predicted octanol–water partition coefficient (Wildman–Crippen LogP) is 4.18. The fraction of sp³-hybridized carbons (Fsp3) is 0.357. The fourth-order valence-corrected chi connectivity index (χ4v) is 4.16. The smallest absolute Gasteiger partial charge is 0.410 e. The summed E-state index contributed by atoms with van der Waals surface area (Å²) in [5.74, 6) is -0.354. The maximum atomic E-state index is 13.0. The summed E-state index contributed by atoms with van der Waals surface area (Å²) in [4.78, 5) is 39.4. The lowest BCUT2D eigenvalue weighted by atomic mass is 10.1. The minimum atomic E-state index is -0.565. The SMILES string of the molecule is CC(C)(C)OC(=O)N1CCC[C@@H](NC(=O)c2cccc(-n3cc(NC(=O)Cc4ccccc4)cn3)c2)C1. The molecule has 0 spiro atoms. The Morgan fingerprint density at radius 2 is 1.86 bits per heavy atom. The average Bonchev–Trinajstić information content (AvgIpc) is 3.32. The van der Waals surface area contributed by atoms with Crippen molar-refractivity contribution in [1.29, 1.82) is 0 Å². The Morgan fingerprint density at radius 3 is 2.62 bits per heavy atom. The summed E-state index contributed by atoms with van der Waals surface area (Å²) in [6, 6.07) is 16.5. The van der Waals surface area contributed by atoms with E-state index in [1.54, 1.807) is 40.2 Å². The van der Waals surface area contributed by atoms with Gasteiger partial charge in [0.05, 0.1) is 30.2 Å². The molecule has 37 heavy (non-hydrogen) atoms. The lowest BCUT2D eigenvalue weighted by Gasteiger charge is -2.34. The quantitative estimate of drug-likeness (QED) is 0.525. The van der Waals surface area contributed by atoms with Crippen molar-refractivity contribution in [2.24, 2.45) is 0 Å². The molecular formula is C28H33N5O4. The van der Waals surface area contributed by atoms with Crippen molar-refractivity contribution in [3.63, 3.8) is 0 Å². The Hall–Kier alpha value is -4.14. The molecule has 9 nitrogen and oxygen atoms in total. The molecule has 0 radical (unpaired) electrons. The number of carbonyl (C=O) groups excluding carboxylic acids is 3. The number of benzene rings is 2. The van der Waals surface area contributed by atoms with Crippen LogP contribution in [0.2, 0.25) is 0 Å². The first-order valence-corrected chi connectivity index (χ1v) is 12.4. The maximum absolute atomic E-state index is 13.0. The Labute approximate surface area is 216 Å². The molecule has 2 N–H and O–H groups in total. The highest BCUT2D eigenvalue weighted by molar-refractivity contribution is 5.95. The summed E-state index contributed by atoms with van der Waals surface area (Å²) in [6.45, 7) is 6.53. The molecule has 0 bridgehead atoms. The zero-order valence-corrected chi connectivity index (χ0v) is 21.4. The van der Waals surface area contributed by atoms with E-state index in [0.717, 1.165) is 18.4 Å². The van der Waals surface area contributed by atoms with Gasteiger partial charge < -0.3 is 20.3 Å². The van der Waals surface area contributed by atoms with Crippen LogP contribution in [0.15, 0.2) is 67.0 Å². The van der Waals surface area contributed by atoms with Gasteiger partial charge in [-0.15, -0.1) is 0 Å². The van der Waals surface area contributed by atoms with Crippen molar-refractivity contribution in [3.05, 3.63) is 78.1 Å². The molecule has 0 unspecified atom stereocenters. The number of piperidine rings is 1. The van der Waals surface area contributed by atoms with Crippen LogP contribution >= 0.6 is 0 Å². The van der Waals surface area contributed by atoms with Gasteiger partial charge in [-0.2, -0.15) is 5.10 Å². The molecule has 4 rings (SSSR count). The largest absolute Gasteiger partial charge is 0.444 e. The highest BCUT2D eigenvalue weighted by Gasteiger charge is 2.28. The van der Waals surface area contributed by atoms with Crippen LogP contribution in [0, 0.1) is 0 Å². The molecule has 3 aromatic rings. The molecule has 1 aliphatic rings. The van der Waals surface area contributed by atoms with E-state index in [0.29, 0.717) is 30.0 Å². The lowest BCUT2D eigenvalue weighted by Crippen LogP contribution is -2.50. The Kier molecular flexibility index (Phi) is 7.91. The molecular weight excluding hydrogens is 470 g/mol. The molecule has 1 aromatic heterocycles. The van der Waals surface area contributed by atoms with Gasteiger partial charge in [0.15, 0.2) is 0 Å². The Balaban J connectivity index is 1.35. The molecule has 1 fully saturated rings. The third-order valence-corrected chi connectivity index (χ3v) is 5.86. The van der Waals surface area contributed by atoms with Crippen LogP contribution in [0.3, 0.4) is 0 Å². The predicted molar refractivity (Wildman–Crippen MR) is 141 cm³/mol. The number of rotatable bonds is 6. The summed E-state index contributed by atoms with van der Waals surface area (Å²) < 4.78 is 7.08. The monoisotopic (exact) mass is 503 g/mol. The number of nitrogens with one attached hydrogen (secondary N) is 2. The molecule has 0 aliphatic carbocycles. The number of likely N-dealkylation sites (tertiary alicyclic amines) is 1. The van der Waals surface area contributed by atoms with Crippen LogP contribution < -0.4 is 10.6 Å². The van der Waals surface area contributed by atoms with Crippen molar-refractivity contribution < 1.29 is 19.1 Å². The number of anilines is 1. The molecule has 9 heteroatoms. The normalized spacial score (nSPS) is 15.6. The Bertz CT molecular complexity index is 1250. The molecule has 0 saturated carbocycles. The molecule has 3 amide bonds. The van der Waals surface area contributed by atoms with Crippen molar-refractivity contribution in [2.45, 2.75) is 51.7 Å². The van der Waals surface area contributed by atoms with Gasteiger partial charge in [-0.1, -0.05) is 36.4 Å². The molecule has 2 heterocycles. The van der Waals surface area contributed by atoms with Gasteiger partial charge in [0.2, 0.25) is 5.91 Å². The molecule has 1 saturated heterocycles. The molecule has 194 valence electrons. The second kappa shape index (κ2) is 11.3. The number of aromatic nitrogens is 2. The van der Waals surface area contributed by atoms with E-state index in [1.807, 2.05) is 57.2 Å². The van der Waals surface area contributed by atoms with Gasteiger partial charge in [0, 0.05) is 24.7 Å². The van der Waals surface area contributed by atoms with Crippen LogP contribution in [-0.2, 0) is 16.0 Å². The van der Waals surface area contributed by atoms with E-state index in [2.05, 4.69) is 15.7 Å². The van der Waals surface area contributed by atoms with Crippen LogP contribution in [0.1, 0.15) is 49.5 Å². The van der Waals surface area contributed by atoms with E-state index < -0.39 is 5.60 Å². The number of carbonyl (C=O) groups is 3. The third-order valence-electron chi connectivity index (χ3n) is 5.86. The highest BCUT2D eigenvalue weighted by Crippen LogP contribution is 2.17. The second-order valence-corrected chi connectivity index (χ2v) is 10.2. The summed E-state index contributed by atoms with van der Waals surface area (Å²) in [5.41, 5.74) is 2.11. The zero-order chi connectivity index (χ0) is 26.4. The number of nitrogens with zero attached hydrogens (tertiary/aromatic N) is 3. The minimum absolute atomic E-state index is 0.133. The van der Waals surface area contributed by atoms with Crippen LogP contribution in [-0.4, -0.2) is 57.3 Å². The number of amides is 3. The van der Waals surface area contributed by atoms with Gasteiger partial charge in [0.1, 0.15) is 5.60 Å². The summed E-state index contributed by atoms with van der Waals surface area (Å²) in [7, 11) is 0. The van der Waals surface area contributed by atoms with E-state index in [-0.39, 0.29) is 30.4 Å². The molecule has 1 aliphatic heterocycles. The summed E-state index contributed by atoms with van der Waals surface area (Å²) >= 11 is 0. The first-order valence-electron chi connectivity index (χ1n) is 12.4. The van der Waals surface area contributed by atoms with Gasteiger partial charge in [-0.3, -0.25) is 9.59 Å². The lowest BCUT2D eigenvalue weighted by molar-refractivity contribution is -0.115. The molecule has 1 atom stereocenters. The van der Waals surface area contributed by atoms with E-state index >= 15 is 0 Å². The molecule has 2 aromatic carbocycles. The minimum Gasteiger partial charge on any atom is -0.444 e. The van der Waals surface area contributed by atoms with Crippen LogP contribution in [0.25, 0.3) is 5.69 Å². The number of ether oxygens (including phenoxy) is 1. The van der Waals surface area contributed by atoms with Gasteiger partial charge in [-0.25, -0.2) is 9.48 Å². The summed E-state index contributed by atoms with van der Waals surface area (Å²) in [5, 5.41) is 10.2. The Morgan fingerprint density at radius 1 is 1.08 bits per heavy atom. The van der Waals surface area contributed by atoms with Crippen molar-refractivity contribution in [2.75, 3.05) is 18.4 Å². The number of hydrogen-bond acceptors (Lipinski definition) is 5. The first-order chi connectivity index (χ1) is 17.7. The van der Waals surface area contributed by atoms with Gasteiger partial charge in [-0.05, 0) is 57.4 Å². The first kappa shape index (κ1) is 25.9. The fourth-order valence-electron chi connectivity index (χ4n) is 4.16. The number of hydrogen-bond donors (Lipinski definition) is 2. The maximum Gasteiger partial charge on any atom is 0.410 e. The van der Waals surface area contributed by atoms with E-state index in [1.165, 1.54) is 0 Å². The van der Waals surface area contributed by atoms with Crippen LogP contribution in [0.4, 0.5) is 10.5 Å². The standard InChI is InChI=1S/C28H33N5O4/c1-28(2,3)37-27(36)32-14-8-12-22(18-32)31-26(35)21-11-7-13-24(16-21)33-19-23(17-29-33)30-25(34)15-20-9-5-4-6-10-20/h4-7,9-11,13,16-17,19,22H,8,12,14-15,18H2,1-3H3,(H,30,34)(H,31,35)/t22-/m1/s1. The van der Waals surface area contributed by atoms with Crippen molar-refractivity contribution in [3.8, 4) is 5.69 Å². The topological polar surface area (TPSA) is 106 Å². The van der Waals surface area contributed by atoms with E-state index in [9.17, 15) is 14.4 Å². The van der Waals surface area contributed by atoms with Crippen LogP contribution in [0.5, 0.6) is 0 Å².